The number of hydrogen-bond acceptors (Lipinski definition) is 4. The lowest BCUT2D eigenvalue weighted by Gasteiger charge is -2.33. The van der Waals surface area contributed by atoms with Gasteiger partial charge in [0.15, 0.2) is 0 Å². The summed E-state index contributed by atoms with van der Waals surface area (Å²) in [6.45, 7) is 4.14. The Kier molecular flexibility index (Phi) is 4.53. The Bertz CT molecular complexity index is 654. The van der Waals surface area contributed by atoms with Crippen LogP contribution in [0.2, 0.25) is 0 Å². The first-order chi connectivity index (χ1) is 9.10. The van der Waals surface area contributed by atoms with Crippen molar-refractivity contribution in [2.45, 2.75) is 31.2 Å². The number of hydrogen-bond donors (Lipinski definition) is 1. The van der Waals surface area contributed by atoms with Crippen LogP contribution in [0.3, 0.4) is 0 Å². The highest BCUT2D eigenvalue weighted by atomic mass is 32.2. The molecule has 1 rings (SSSR count). The zero-order valence-corrected chi connectivity index (χ0v) is 12.3. The monoisotopic (exact) mass is 296 g/mol. The third-order valence-corrected chi connectivity index (χ3v) is 4.77. The van der Waals surface area contributed by atoms with Crippen molar-refractivity contribution >= 4 is 16.0 Å². The van der Waals surface area contributed by atoms with Gasteiger partial charge in [0.25, 0.3) is 0 Å². The van der Waals surface area contributed by atoms with E-state index in [9.17, 15) is 13.2 Å². The largest absolute Gasteiger partial charge is 0.480 e. The molecule has 0 unspecified atom stereocenters. The quantitative estimate of drug-likeness (QED) is 0.906. The summed E-state index contributed by atoms with van der Waals surface area (Å²) in [7, 11) is -4.07. The maximum absolute atomic E-state index is 12.6. The molecule has 0 heterocycles. The first-order valence-electron chi connectivity index (χ1n) is 5.84. The van der Waals surface area contributed by atoms with Gasteiger partial charge in [-0.05, 0) is 32.9 Å². The number of carboxylic acids is 1. The number of benzene rings is 1. The van der Waals surface area contributed by atoms with Crippen molar-refractivity contribution in [3.63, 3.8) is 0 Å². The van der Waals surface area contributed by atoms with Crippen LogP contribution >= 0.6 is 0 Å². The molecule has 0 aliphatic rings. The highest BCUT2D eigenvalue weighted by molar-refractivity contribution is 7.89. The van der Waals surface area contributed by atoms with Crippen LogP contribution in [0.25, 0.3) is 0 Å². The van der Waals surface area contributed by atoms with E-state index in [1.807, 2.05) is 6.07 Å². The minimum absolute atomic E-state index is 0.00728. The molecule has 7 heteroatoms. The van der Waals surface area contributed by atoms with Crippen molar-refractivity contribution < 1.29 is 18.3 Å². The van der Waals surface area contributed by atoms with Gasteiger partial charge in [0.05, 0.1) is 10.5 Å². The first-order valence-corrected chi connectivity index (χ1v) is 7.28. The van der Waals surface area contributed by atoms with Gasteiger partial charge in [-0.2, -0.15) is 9.57 Å². The van der Waals surface area contributed by atoms with Crippen molar-refractivity contribution in [2.24, 2.45) is 0 Å². The molecular formula is C13H16N2O4S. The second-order valence-electron chi connectivity index (χ2n) is 5.18. The fourth-order valence-corrected chi connectivity index (χ4v) is 3.59. The number of sulfonamides is 1. The van der Waals surface area contributed by atoms with Crippen LogP contribution in [-0.2, 0) is 14.8 Å². The van der Waals surface area contributed by atoms with Crippen LogP contribution in [0.15, 0.2) is 29.2 Å². The maximum Gasteiger partial charge on any atom is 0.318 e. The summed E-state index contributed by atoms with van der Waals surface area (Å²) in [5.41, 5.74) is -0.924. The Morgan fingerprint density at radius 1 is 1.35 bits per heavy atom. The zero-order valence-electron chi connectivity index (χ0n) is 11.5. The van der Waals surface area contributed by atoms with Crippen molar-refractivity contribution in [2.75, 3.05) is 6.54 Å². The van der Waals surface area contributed by atoms with E-state index in [0.29, 0.717) is 0 Å². The van der Waals surface area contributed by atoms with Crippen molar-refractivity contribution in [1.82, 2.24) is 4.31 Å². The Morgan fingerprint density at radius 2 is 1.90 bits per heavy atom. The maximum atomic E-state index is 12.6. The summed E-state index contributed by atoms with van der Waals surface area (Å²) in [4.78, 5) is 10.7. The summed E-state index contributed by atoms with van der Waals surface area (Å²) in [6.07, 6.45) is 0. The second-order valence-corrected chi connectivity index (χ2v) is 7.01. The molecule has 0 aliphatic heterocycles. The van der Waals surface area contributed by atoms with Crippen LogP contribution in [0, 0.1) is 11.3 Å². The average Bonchev–Trinajstić information content (AvgIpc) is 2.34. The Labute approximate surface area is 118 Å². The Balaban J connectivity index is 3.46. The molecule has 0 atom stereocenters. The molecule has 0 fully saturated rings. The van der Waals surface area contributed by atoms with Crippen LogP contribution in [0.4, 0.5) is 0 Å². The van der Waals surface area contributed by atoms with E-state index in [-0.39, 0.29) is 10.5 Å². The average molecular weight is 296 g/mol. The minimum Gasteiger partial charge on any atom is -0.480 e. The van der Waals surface area contributed by atoms with Crippen LogP contribution < -0.4 is 0 Å². The summed E-state index contributed by atoms with van der Waals surface area (Å²) < 4.78 is 26.1. The van der Waals surface area contributed by atoms with E-state index < -0.39 is 28.1 Å². The molecular weight excluding hydrogens is 280 g/mol. The van der Waals surface area contributed by atoms with Gasteiger partial charge >= 0.3 is 5.97 Å². The highest BCUT2D eigenvalue weighted by Gasteiger charge is 2.36. The first kappa shape index (κ1) is 16.1. The molecule has 0 bridgehead atoms. The predicted octanol–water partition coefficient (Wildman–Crippen LogP) is 1.43. The fraction of sp³-hybridized carbons (Fsp3) is 0.385. The molecule has 108 valence electrons. The molecule has 0 radical (unpaired) electrons. The second kappa shape index (κ2) is 5.61. The lowest BCUT2D eigenvalue weighted by molar-refractivity contribution is -0.138. The van der Waals surface area contributed by atoms with Crippen LogP contribution in [0.1, 0.15) is 26.3 Å². The molecule has 0 aliphatic carbocycles. The number of carbonyl (C=O) groups is 1. The predicted molar refractivity (Wildman–Crippen MR) is 72.4 cm³/mol. The van der Waals surface area contributed by atoms with Gasteiger partial charge in [-0.15, -0.1) is 0 Å². The SMILES string of the molecule is CC(C)(C)N(CC(=O)O)S(=O)(=O)c1ccccc1C#N. The van der Waals surface area contributed by atoms with Gasteiger partial charge < -0.3 is 5.11 Å². The highest BCUT2D eigenvalue weighted by Crippen LogP contribution is 2.26. The molecule has 0 saturated carbocycles. The summed E-state index contributed by atoms with van der Waals surface area (Å²) >= 11 is 0. The van der Waals surface area contributed by atoms with E-state index >= 15 is 0 Å². The van der Waals surface area contributed by atoms with E-state index in [0.717, 1.165) is 4.31 Å². The smallest absolute Gasteiger partial charge is 0.318 e. The molecule has 6 nitrogen and oxygen atoms in total. The van der Waals surface area contributed by atoms with Crippen LogP contribution in [0.5, 0.6) is 0 Å². The van der Waals surface area contributed by atoms with Crippen molar-refractivity contribution in [3.05, 3.63) is 29.8 Å². The van der Waals surface area contributed by atoms with Crippen molar-refractivity contribution in [1.29, 1.82) is 5.26 Å². The van der Waals surface area contributed by atoms with Gasteiger partial charge in [0.1, 0.15) is 12.6 Å². The number of aliphatic carboxylic acids is 1. The van der Waals surface area contributed by atoms with E-state index in [1.165, 1.54) is 18.2 Å². The molecule has 0 amide bonds. The number of rotatable bonds is 4. The van der Waals surface area contributed by atoms with Gasteiger partial charge in [0, 0.05) is 5.54 Å². The Morgan fingerprint density at radius 3 is 2.35 bits per heavy atom. The van der Waals surface area contributed by atoms with Gasteiger partial charge in [-0.1, -0.05) is 12.1 Å². The van der Waals surface area contributed by atoms with Crippen LogP contribution in [-0.4, -0.2) is 35.9 Å². The van der Waals surface area contributed by atoms with Crippen molar-refractivity contribution in [3.8, 4) is 6.07 Å². The lowest BCUT2D eigenvalue weighted by Crippen LogP contribution is -2.48. The van der Waals surface area contributed by atoms with Gasteiger partial charge in [-0.25, -0.2) is 8.42 Å². The number of nitriles is 1. The molecule has 20 heavy (non-hydrogen) atoms. The normalized spacial score (nSPS) is 12.2. The lowest BCUT2D eigenvalue weighted by atomic mass is 10.1. The molecule has 0 aromatic heterocycles. The molecule has 1 aromatic carbocycles. The summed E-state index contributed by atoms with van der Waals surface area (Å²) in [5.74, 6) is -1.25. The van der Waals surface area contributed by atoms with Gasteiger partial charge in [-0.3, -0.25) is 4.79 Å². The third-order valence-electron chi connectivity index (χ3n) is 2.60. The van der Waals surface area contributed by atoms with Gasteiger partial charge in [0.2, 0.25) is 10.0 Å². The van der Waals surface area contributed by atoms with E-state index in [2.05, 4.69) is 0 Å². The number of nitrogens with zero attached hydrogens (tertiary/aromatic N) is 2. The Hall–Kier alpha value is -1.91. The summed E-state index contributed by atoms with van der Waals surface area (Å²) in [6, 6.07) is 7.54. The molecule has 0 saturated heterocycles. The molecule has 1 aromatic rings. The molecule has 1 N–H and O–H groups in total. The standard InChI is InChI=1S/C13H16N2O4S/c1-13(2,3)15(9-12(16)17)20(18,19)11-7-5-4-6-10(11)8-14/h4-7H,9H2,1-3H3,(H,16,17). The third kappa shape index (κ3) is 3.35. The molecule has 0 spiro atoms. The topological polar surface area (TPSA) is 98.5 Å². The minimum atomic E-state index is -4.07. The van der Waals surface area contributed by atoms with E-state index in [1.54, 1.807) is 26.8 Å². The summed E-state index contributed by atoms with van der Waals surface area (Å²) in [5, 5.41) is 17.9. The van der Waals surface area contributed by atoms with E-state index in [4.69, 9.17) is 10.4 Å². The zero-order chi connectivity index (χ0) is 15.6. The number of carboxylic acid groups (broad SMARTS) is 1. The fourth-order valence-electron chi connectivity index (χ4n) is 1.71.